The molecule has 0 bridgehead atoms. The standard InChI is InChI=1S/C14H17ClINO/c1-14(2)5-7-17(8-6-14)13(18)11-4-3-10(16)9-12(11)15/h3-4,9H,5-8H2,1-2H3. The van der Waals surface area contributed by atoms with E-state index in [0.29, 0.717) is 16.0 Å². The first kappa shape index (κ1) is 14.1. The number of nitrogens with zero attached hydrogens (tertiary/aromatic N) is 1. The smallest absolute Gasteiger partial charge is 0.255 e. The van der Waals surface area contributed by atoms with Gasteiger partial charge in [0, 0.05) is 16.7 Å². The number of carbonyl (C=O) groups excluding carboxylic acids is 1. The highest BCUT2D eigenvalue weighted by atomic mass is 127. The molecule has 1 aromatic carbocycles. The highest BCUT2D eigenvalue weighted by Crippen LogP contribution is 2.31. The van der Waals surface area contributed by atoms with Gasteiger partial charge in [0.2, 0.25) is 0 Å². The lowest BCUT2D eigenvalue weighted by Crippen LogP contribution is -2.41. The van der Waals surface area contributed by atoms with Crippen LogP contribution in [0.15, 0.2) is 18.2 Å². The molecule has 1 amide bonds. The molecule has 1 aromatic rings. The van der Waals surface area contributed by atoms with Gasteiger partial charge in [0.1, 0.15) is 0 Å². The predicted molar refractivity (Wildman–Crippen MR) is 83.1 cm³/mol. The number of carbonyl (C=O) groups is 1. The number of hydrogen-bond acceptors (Lipinski definition) is 1. The number of piperidine rings is 1. The average Bonchev–Trinajstić information content (AvgIpc) is 2.28. The zero-order valence-corrected chi connectivity index (χ0v) is 13.6. The third-order valence-electron chi connectivity index (χ3n) is 3.57. The van der Waals surface area contributed by atoms with Crippen molar-refractivity contribution in [1.29, 1.82) is 0 Å². The van der Waals surface area contributed by atoms with Crippen LogP contribution in [0.2, 0.25) is 5.02 Å². The number of amides is 1. The summed E-state index contributed by atoms with van der Waals surface area (Å²) in [6.07, 6.45) is 2.11. The summed E-state index contributed by atoms with van der Waals surface area (Å²) in [7, 11) is 0. The van der Waals surface area contributed by atoms with Crippen molar-refractivity contribution in [2.45, 2.75) is 26.7 Å². The normalized spacial score (nSPS) is 18.8. The Hall–Kier alpha value is -0.290. The fraction of sp³-hybridized carbons (Fsp3) is 0.500. The second-order valence-corrected chi connectivity index (χ2v) is 7.23. The molecule has 1 fully saturated rings. The van der Waals surface area contributed by atoms with Crippen molar-refractivity contribution in [3.63, 3.8) is 0 Å². The fourth-order valence-electron chi connectivity index (χ4n) is 2.15. The van der Waals surface area contributed by atoms with Gasteiger partial charge in [-0.1, -0.05) is 25.4 Å². The number of hydrogen-bond donors (Lipinski definition) is 0. The van der Waals surface area contributed by atoms with Gasteiger partial charge >= 0.3 is 0 Å². The van der Waals surface area contributed by atoms with Crippen LogP contribution in [-0.2, 0) is 0 Å². The molecule has 2 nitrogen and oxygen atoms in total. The van der Waals surface area contributed by atoms with Crippen LogP contribution in [0.1, 0.15) is 37.0 Å². The van der Waals surface area contributed by atoms with E-state index in [4.69, 9.17) is 11.6 Å². The summed E-state index contributed by atoms with van der Waals surface area (Å²) in [5.74, 6) is 0.0619. The third-order valence-corrected chi connectivity index (χ3v) is 4.55. The van der Waals surface area contributed by atoms with Gasteiger partial charge in [0.05, 0.1) is 10.6 Å². The van der Waals surface area contributed by atoms with Crippen LogP contribution in [-0.4, -0.2) is 23.9 Å². The van der Waals surface area contributed by atoms with Gasteiger partial charge < -0.3 is 4.90 Å². The topological polar surface area (TPSA) is 20.3 Å². The zero-order valence-electron chi connectivity index (χ0n) is 10.7. The van der Waals surface area contributed by atoms with Crippen LogP contribution in [0.4, 0.5) is 0 Å². The summed E-state index contributed by atoms with van der Waals surface area (Å²) in [5, 5.41) is 0.553. The van der Waals surface area contributed by atoms with Crippen LogP contribution in [0.25, 0.3) is 0 Å². The number of rotatable bonds is 1. The molecular formula is C14H17ClINO. The van der Waals surface area contributed by atoms with E-state index >= 15 is 0 Å². The molecule has 0 spiro atoms. The predicted octanol–water partition coefficient (Wildman–Crippen LogP) is 4.21. The number of halogens is 2. The largest absolute Gasteiger partial charge is 0.339 e. The molecule has 18 heavy (non-hydrogen) atoms. The van der Waals surface area contributed by atoms with Crippen molar-refractivity contribution in [2.24, 2.45) is 5.41 Å². The lowest BCUT2D eigenvalue weighted by molar-refractivity contribution is 0.0630. The van der Waals surface area contributed by atoms with Gasteiger partial charge in [-0.25, -0.2) is 0 Å². The minimum atomic E-state index is 0.0619. The van der Waals surface area contributed by atoms with Gasteiger partial charge in [0.15, 0.2) is 0 Å². The Morgan fingerprint density at radius 3 is 2.50 bits per heavy atom. The zero-order chi connectivity index (χ0) is 13.3. The van der Waals surface area contributed by atoms with Crippen LogP contribution >= 0.6 is 34.2 Å². The van der Waals surface area contributed by atoms with Crippen molar-refractivity contribution >= 4 is 40.1 Å². The van der Waals surface area contributed by atoms with Crippen LogP contribution in [0, 0.1) is 8.99 Å². The number of benzene rings is 1. The molecular weight excluding hydrogens is 361 g/mol. The summed E-state index contributed by atoms with van der Waals surface area (Å²) in [5.41, 5.74) is 0.976. The first-order valence-electron chi connectivity index (χ1n) is 6.13. The molecule has 1 saturated heterocycles. The maximum atomic E-state index is 12.4. The molecule has 4 heteroatoms. The monoisotopic (exact) mass is 377 g/mol. The Morgan fingerprint density at radius 2 is 1.94 bits per heavy atom. The lowest BCUT2D eigenvalue weighted by Gasteiger charge is -2.37. The van der Waals surface area contributed by atoms with Gasteiger partial charge in [-0.2, -0.15) is 0 Å². The molecule has 1 aliphatic heterocycles. The summed E-state index contributed by atoms with van der Waals surface area (Å²) in [4.78, 5) is 14.3. The van der Waals surface area contributed by atoms with Gasteiger partial charge in [-0.05, 0) is 59.0 Å². The highest BCUT2D eigenvalue weighted by molar-refractivity contribution is 14.1. The Labute approximate surface area is 127 Å². The van der Waals surface area contributed by atoms with Crippen molar-refractivity contribution < 1.29 is 4.79 Å². The van der Waals surface area contributed by atoms with Crippen molar-refractivity contribution in [3.05, 3.63) is 32.4 Å². The second-order valence-electron chi connectivity index (χ2n) is 5.58. The Bertz CT molecular complexity index is 463. The maximum absolute atomic E-state index is 12.4. The van der Waals surface area contributed by atoms with E-state index in [9.17, 15) is 4.79 Å². The molecule has 0 aliphatic carbocycles. The van der Waals surface area contributed by atoms with E-state index in [1.54, 1.807) is 0 Å². The van der Waals surface area contributed by atoms with Crippen LogP contribution < -0.4 is 0 Å². The van der Waals surface area contributed by atoms with Gasteiger partial charge in [-0.15, -0.1) is 0 Å². The van der Waals surface area contributed by atoms with Crippen molar-refractivity contribution in [1.82, 2.24) is 4.90 Å². The first-order valence-corrected chi connectivity index (χ1v) is 7.59. The molecule has 0 N–H and O–H groups in total. The fourth-order valence-corrected chi connectivity index (χ4v) is 3.09. The summed E-state index contributed by atoms with van der Waals surface area (Å²) < 4.78 is 1.05. The summed E-state index contributed by atoms with van der Waals surface area (Å²) >= 11 is 8.34. The average molecular weight is 378 g/mol. The molecule has 0 aromatic heterocycles. The molecule has 0 atom stereocenters. The molecule has 0 unspecified atom stereocenters. The summed E-state index contributed by atoms with van der Waals surface area (Å²) in [6.45, 7) is 6.17. The molecule has 0 radical (unpaired) electrons. The van der Waals surface area contributed by atoms with E-state index in [2.05, 4.69) is 36.4 Å². The van der Waals surface area contributed by atoms with Crippen LogP contribution in [0.3, 0.4) is 0 Å². The minimum Gasteiger partial charge on any atom is -0.339 e. The minimum absolute atomic E-state index is 0.0619. The van der Waals surface area contributed by atoms with E-state index in [1.807, 2.05) is 23.1 Å². The van der Waals surface area contributed by atoms with E-state index in [1.165, 1.54) is 0 Å². The second kappa shape index (κ2) is 5.37. The first-order chi connectivity index (χ1) is 8.39. The van der Waals surface area contributed by atoms with E-state index in [0.717, 1.165) is 29.5 Å². The Balaban J connectivity index is 2.13. The number of likely N-dealkylation sites (tertiary alicyclic amines) is 1. The maximum Gasteiger partial charge on any atom is 0.255 e. The van der Waals surface area contributed by atoms with E-state index in [-0.39, 0.29) is 5.91 Å². The summed E-state index contributed by atoms with van der Waals surface area (Å²) in [6, 6.07) is 5.59. The van der Waals surface area contributed by atoms with Gasteiger partial charge in [0.25, 0.3) is 5.91 Å². The van der Waals surface area contributed by atoms with Gasteiger partial charge in [-0.3, -0.25) is 4.79 Å². The molecule has 2 rings (SSSR count). The van der Waals surface area contributed by atoms with Crippen molar-refractivity contribution in [3.8, 4) is 0 Å². The highest BCUT2D eigenvalue weighted by Gasteiger charge is 2.28. The quantitative estimate of drug-likeness (QED) is 0.672. The molecule has 1 heterocycles. The Morgan fingerprint density at radius 1 is 1.33 bits per heavy atom. The third kappa shape index (κ3) is 3.18. The SMILES string of the molecule is CC1(C)CCN(C(=O)c2ccc(I)cc2Cl)CC1. The lowest BCUT2D eigenvalue weighted by atomic mass is 9.82. The molecule has 0 saturated carbocycles. The van der Waals surface area contributed by atoms with E-state index < -0.39 is 0 Å². The Kier molecular flexibility index (Phi) is 4.22. The molecule has 1 aliphatic rings. The molecule has 98 valence electrons. The van der Waals surface area contributed by atoms with Crippen LogP contribution in [0.5, 0.6) is 0 Å². The van der Waals surface area contributed by atoms with Crippen molar-refractivity contribution in [2.75, 3.05) is 13.1 Å².